The molecule has 18 heavy (non-hydrogen) atoms. The Kier molecular flexibility index (Phi) is 4.08. The van der Waals surface area contributed by atoms with Gasteiger partial charge < -0.3 is 5.32 Å². The van der Waals surface area contributed by atoms with E-state index < -0.39 is 10.0 Å². The van der Waals surface area contributed by atoms with E-state index >= 15 is 0 Å². The third kappa shape index (κ3) is 3.99. The molecule has 0 aliphatic rings. The summed E-state index contributed by atoms with van der Waals surface area (Å²) in [5.41, 5.74) is 2.91. The van der Waals surface area contributed by atoms with Gasteiger partial charge in [-0.05, 0) is 42.5 Å². The lowest BCUT2D eigenvalue weighted by molar-refractivity contribution is 0.443. The lowest BCUT2D eigenvalue weighted by atomic mass is 9.96. The standard InChI is InChI=1S/C13H22N2O2S/c1-9-6-11(18(14,16)17)7-12(10(9)2)15-8-13(3,4)5/h6-7,15H,8H2,1-5H3,(H2,14,16,17). The van der Waals surface area contributed by atoms with Gasteiger partial charge in [-0.3, -0.25) is 0 Å². The zero-order chi connectivity index (χ0) is 14.1. The zero-order valence-corrected chi connectivity index (χ0v) is 12.5. The maximum Gasteiger partial charge on any atom is 0.238 e. The van der Waals surface area contributed by atoms with Crippen LogP contribution >= 0.6 is 0 Å². The molecule has 0 spiro atoms. The monoisotopic (exact) mass is 270 g/mol. The van der Waals surface area contributed by atoms with Gasteiger partial charge in [0.1, 0.15) is 0 Å². The number of sulfonamides is 1. The van der Waals surface area contributed by atoms with Crippen LogP contribution in [0.25, 0.3) is 0 Å². The van der Waals surface area contributed by atoms with Gasteiger partial charge in [-0.25, -0.2) is 13.6 Å². The fraction of sp³-hybridized carbons (Fsp3) is 0.538. The Morgan fingerprint density at radius 2 is 1.78 bits per heavy atom. The molecule has 1 aromatic carbocycles. The minimum Gasteiger partial charge on any atom is -0.384 e. The van der Waals surface area contributed by atoms with E-state index in [0.717, 1.165) is 23.4 Å². The van der Waals surface area contributed by atoms with Gasteiger partial charge in [0.25, 0.3) is 0 Å². The van der Waals surface area contributed by atoms with E-state index in [1.807, 2.05) is 13.8 Å². The highest BCUT2D eigenvalue weighted by Gasteiger charge is 2.14. The number of benzene rings is 1. The van der Waals surface area contributed by atoms with Gasteiger partial charge >= 0.3 is 0 Å². The first-order valence-corrected chi connectivity index (χ1v) is 7.43. The second-order valence-electron chi connectivity index (χ2n) is 5.87. The predicted molar refractivity (Wildman–Crippen MR) is 75.2 cm³/mol. The van der Waals surface area contributed by atoms with Gasteiger partial charge in [0.2, 0.25) is 10.0 Å². The molecule has 0 amide bonds. The molecule has 0 aromatic heterocycles. The summed E-state index contributed by atoms with van der Waals surface area (Å²) < 4.78 is 22.8. The Morgan fingerprint density at radius 3 is 2.22 bits per heavy atom. The van der Waals surface area contributed by atoms with Gasteiger partial charge in [-0.2, -0.15) is 0 Å². The lowest BCUT2D eigenvalue weighted by Gasteiger charge is -2.21. The topological polar surface area (TPSA) is 72.2 Å². The van der Waals surface area contributed by atoms with Gasteiger partial charge in [0, 0.05) is 12.2 Å². The van der Waals surface area contributed by atoms with Gasteiger partial charge in [-0.15, -0.1) is 0 Å². The average molecular weight is 270 g/mol. The number of hydrogen-bond acceptors (Lipinski definition) is 3. The van der Waals surface area contributed by atoms with E-state index in [0.29, 0.717) is 0 Å². The third-order valence-corrected chi connectivity index (χ3v) is 3.67. The molecule has 1 aromatic rings. The minimum absolute atomic E-state index is 0.123. The van der Waals surface area contributed by atoms with E-state index in [9.17, 15) is 8.42 Å². The fourth-order valence-corrected chi connectivity index (χ4v) is 2.16. The summed E-state index contributed by atoms with van der Waals surface area (Å²) in [6.45, 7) is 11.0. The number of anilines is 1. The summed E-state index contributed by atoms with van der Waals surface area (Å²) in [6, 6.07) is 3.20. The van der Waals surface area contributed by atoms with Crippen LogP contribution in [-0.4, -0.2) is 15.0 Å². The predicted octanol–water partition coefficient (Wildman–Crippen LogP) is 2.41. The summed E-state index contributed by atoms with van der Waals surface area (Å²) in [6.07, 6.45) is 0. The van der Waals surface area contributed by atoms with Crippen molar-refractivity contribution >= 4 is 15.7 Å². The van der Waals surface area contributed by atoms with E-state index in [-0.39, 0.29) is 10.3 Å². The van der Waals surface area contributed by atoms with Crippen molar-refractivity contribution in [3.8, 4) is 0 Å². The number of hydrogen-bond donors (Lipinski definition) is 2. The van der Waals surface area contributed by atoms with Crippen molar-refractivity contribution in [2.75, 3.05) is 11.9 Å². The molecule has 0 saturated carbocycles. The quantitative estimate of drug-likeness (QED) is 0.886. The molecule has 5 heteroatoms. The Morgan fingerprint density at radius 1 is 1.22 bits per heavy atom. The van der Waals surface area contributed by atoms with Crippen molar-refractivity contribution in [2.45, 2.75) is 39.5 Å². The maximum atomic E-state index is 11.4. The van der Waals surface area contributed by atoms with Crippen LogP contribution in [0, 0.1) is 19.3 Å². The molecular weight excluding hydrogens is 248 g/mol. The van der Waals surface area contributed by atoms with Gasteiger partial charge in [0.05, 0.1) is 4.90 Å². The highest BCUT2D eigenvalue weighted by atomic mass is 32.2. The molecule has 4 nitrogen and oxygen atoms in total. The van der Waals surface area contributed by atoms with E-state index in [1.165, 1.54) is 0 Å². The Balaban J connectivity index is 3.16. The average Bonchev–Trinajstić information content (AvgIpc) is 2.17. The van der Waals surface area contributed by atoms with Crippen LogP contribution in [0.15, 0.2) is 17.0 Å². The highest BCUT2D eigenvalue weighted by Crippen LogP contribution is 2.25. The normalized spacial score (nSPS) is 12.6. The Labute approximate surface area is 110 Å². The zero-order valence-electron chi connectivity index (χ0n) is 11.7. The number of nitrogens with one attached hydrogen (secondary N) is 1. The SMILES string of the molecule is Cc1cc(S(N)(=O)=O)cc(NCC(C)(C)C)c1C. The molecule has 102 valence electrons. The second kappa shape index (κ2) is 4.90. The van der Waals surface area contributed by atoms with Crippen LogP contribution in [0.4, 0.5) is 5.69 Å². The minimum atomic E-state index is -3.66. The molecule has 0 bridgehead atoms. The molecule has 0 unspecified atom stereocenters. The van der Waals surface area contributed by atoms with Crippen molar-refractivity contribution in [3.05, 3.63) is 23.3 Å². The number of nitrogens with two attached hydrogens (primary N) is 1. The number of aryl methyl sites for hydroxylation is 1. The van der Waals surface area contributed by atoms with Crippen molar-refractivity contribution in [3.63, 3.8) is 0 Å². The molecule has 0 saturated heterocycles. The van der Waals surface area contributed by atoms with Crippen molar-refractivity contribution in [1.29, 1.82) is 0 Å². The Hall–Kier alpha value is -1.07. The van der Waals surface area contributed by atoms with Crippen LogP contribution in [-0.2, 0) is 10.0 Å². The third-order valence-electron chi connectivity index (χ3n) is 2.78. The highest BCUT2D eigenvalue weighted by molar-refractivity contribution is 7.89. The van der Waals surface area contributed by atoms with Crippen molar-refractivity contribution < 1.29 is 8.42 Å². The summed E-state index contributed by atoms with van der Waals surface area (Å²) in [4.78, 5) is 0.155. The fourth-order valence-electron chi connectivity index (χ4n) is 1.53. The van der Waals surface area contributed by atoms with E-state index in [4.69, 9.17) is 5.14 Å². The van der Waals surface area contributed by atoms with Crippen LogP contribution in [0.1, 0.15) is 31.9 Å². The molecule has 0 atom stereocenters. The maximum absolute atomic E-state index is 11.4. The molecule has 3 N–H and O–H groups in total. The first kappa shape index (κ1) is 15.0. The van der Waals surface area contributed by atoms with Crippen LogP contribution in [0.3, 0.4) is 0 Å². The summed E-state index contributed by atoms with van der Waals surface area (Å²) >= 11 is 0. The van der Waals surface area contributed by atoms with E-state index in [2.05, 4.69) is 26.1 Å². The molecule has 0 fully saturated rings. The lowest BCUT2D eigenvalue weighted by Crippen LogP contribution is -2.20. The van der Waals surface area contributed by atoms with Crippen LogP contribution in [0.5, 0.6) is 0 Å². The second-order valence-corrected chi connectivity index (χ2v) is 7.43. The first-order valence-electron chi connectivity index (χ1n) is 5.88. The summed E-state index contributed by atoms with van der Waals surface area (Å²) in [5, 5.41) is 8.46. The van der Waals surface area contributed by atoms with Gasteiger partial charge in [0.15, 0.2) is 0 Å². The van der Waals surface area contributed by atoms with E-state index in [1.54, 1.807) is 12.1 Å². The van der Waals surface area contributed by atoms with Gasteiger partial charge in [-0.1, -0.05) is 20.8 Å². The molecule has 0 aliphatic carbocycles. The largest absolute Gasteiger partial charge is 0.384 e. The molecular formula is C13H22N2O2S. The van der Waals surface area contributed by atoms with Crippen LogP contribution in [0.2, 0.25) is 0 Å². The summed E-state index contributed by atoms with van der Waals surface area (Å²) in [5.74, 6) is 0. The van der Waals surface area contributed by atoms with Crippen molar-refractivity contribution in [1.82, 2.24) is 0 Å². The Bertz CT molecular complexity index is 543. The first-order chi connectivity index (χ1) is 8.00. The smallest absolute Gasteiger partial charge is 0.238 e. The number of primary sulfonamides is 1. The molecule has 0 radical (unpaired) electrons. The van der Waals surface area contributed by atoms with Crippen molar-refractivity contribution in [2.24, 2.45) is 10.6 Å². The molecule has 0 aliphatic heterocycles. The number of rotatable bonds is 3. The van der Waals surface area contributed by atoms with Crippen LogP contribution < -0.4 is 10.5 Å². The molecule has 1 rings (SSSR count). The summed E-state index contributed by atoms with van der Waals surface area (Å²) in [7, 11) is -3.66. The molecule has 0 heterocycles.